The third-order valence-electron chi connectivity index (χ3n) is 4.75. The molecule has 0 saturated carbocycles. The molecule has 33 heavy (non-hydrogen) atoms. The van der Waals surface area contributed by atoms with Gasteiger partial charge in [-0.25, -0.2) is 4.79 Å². The van der Waals surface area contributed by atoms with E-state index in [4.69, 9.17) is 9.47 Å². The first-order valence-corrected chi connectivity index (χ1v) is 11.3. The zero-order chi connectivity index (χ0) is 23.5. The number of nitrogens with one attached hydrogen (secondary N) is 1. The van der Waals surface area contributed by atoms with E-state index in [9.17, 15) is 4.79 Å². The summed E-state index contributed by atoms with van der Waals surface area (Å²) in [7, 11) is 0. The summed E-state index contributed by atoms with van der Waals surface area (Å²) in [6.07, 6.45) is 3.69. The molecule has 2 aromatic heterocycles. The highest BCUT2D eigenvalue weighted by Gasteiger charge is 2.14. The van der Waals surface area contributed by atoms with Gasteiger partial charge >= 0.3 is 12.1 Å². The van der Waals surface area contributed by atoms with Crippen molar-refractivity contribution in [1.82, 2.24) is 15.0 Å². The number of aromatic nitrogens is 3. The van der Waals surface area contributed by atoms with Crippen LogP contribution in [0.4, 0.5) is 16.4 Å². The lowest BCUT2D eigenvalue weighted by molar-refractivity contribution is 0.215. The highest BCUT2D eigenvalue weighted by molar-refractivity contribution is 5.85. The summed E-state index contributed by atoms with van der Waals surface area (Å²) in [5.74, 6) is 1.49. The van der Waals surface area contributed by atoms with Crippen LogP contribution in [0.15, 0.2) is 54.7 Å². The van der Waals surface area contributed by atoms with Crippen LogP contribution in [0.3, 0.4) is 0 Å². The molecule has 0 bridgehead atoms. The second kappa shape index (κ2) is 12.4. The molecule has 0 radical (unpaired) electrons. The molecule has 174 valence electrons. The van der Waals surface area contributed by atoms with E-state index in [0.717, 1.165) is 37.2 Å². The van der Waals surface area contributed by atoms with Crippen LogP contribution >= 0.6 is 0 Å². The van der Waals surface area contributed by atoms with E-state index in [0.29, 0.717) is 30.4 Å². The van der Waals surface area contributed by atoms with Gasteiger partial charge in [0.25, 0.3) is 0 Å². The summed E-state index contributed by atoms with van der Waals surface area (Å²) in [6.45, 7) is 8.22. The van der Waals surface area contributed by atoms with Crippen molar-refractivity contribution < 1.29 is 14.3 Å². The van der Waals surface area contributed by atoms with Gasteiger partial charge in [0, 0.05) is 37.5 Å². The van der Waals surface area contributed by atoms with Gasteiger partial charge in [-0.05, 0) is 49.6 Å². The molecule has 0 saturated heterocycles. The fraction of sp³-hybridized carbons (Fsp3) is 0.360. The summed E-state index contributed by atoms with van der Waals surface area (Å²) in [5.41, 5.74) is 1.93. The summed E-state index contributed by atoms with van der Waals surface area (Å²) in [5, 5.41) is 2.71. The van der Waals surface area contributed by atoms with Gasteiger partial charge in [-0.1, -0.05) is 32.0 Å². The van der Waals surface area contributed by atoms with Crippen molar-refractivity contribution in [2.75, 3.05) is 29.9 Å². The molecule has 2 heterocycles. The quantitative estimate of drug-likeness (QED) is 0.439. The third-order valence-corrected chi connectivity index (χ3v) is 4.75. The zero-order valence-electron chi connectivity index (χ0n) is 19.5. The maximum atomic E-state index is 12.5. The number of hydrogen-bond donors (Lipinski definition) is 1. The second-order valence-corrected chi connectivity index (χ2v) is 7.63. The Bertz CT molecular complexity index is 1020. The molecule has 0 atom stereocenters. The summed E-state index contributed by atoms with van der Waals surface area (Å²) >= 11 is 0. The first-order chi connectivity index (χ1) is 16.1. The highest BCUT2D eigenvalue weighted by atomic mass is 16.6. The Hall–Kier alpha value is -3.68. The molecule has 0 aliphatic carbocycles. The molecule has 8 nitrogen and oxygen atoms in total. The summed E-state index contributed by atoms with van der Waals surface area (Å²) in [6, 6.07) is 15.0. The number of nitrogens with zero attached hydrogens (tertiary/aromatic N) is 4. The maximum absolute atomic E-state index is 12.5. The number of pyridine rings is 1. The predicted octanol–water partition coefficient (Wildman–Crippen LogP) is 5.04. The van der Waals surface area contributed by atoms with Crippen LogP contribution < -0.4 is 19.7 Å². The van der Waals surface area contributed by atoms with Crippen LogP contribution in [-0.4, -0.2) is 40.7 Å². The van der Waals surface area contributed by atoms with Crippen LogP contribution in [0, 0.1) is 6.92 Å². The molecule has 0 fully saturated rings. The fourth-order valence-corrected chi connectivity index (χ4v) is 3.29. The smallest absolute Gasteiger partial charge is 0.418 e. The molecule has 1 aromatic carbocycles. The maximum Gasteiger partial charge on any atom is 0.418 e. The Balaban J connectivity index is 1.75. The molecule has 1 N–H and O–H groups in total. The molecule has 0 unspecified atom stereocenters. The Morgan fingerprint density at radius 3 is 2.55 bits per heavy atom. The molecule has 8 heteroatoms. The lowest BCUT2D eigenvalue weighted by Gasteiger charge is -2.23. The van der Waals surface area contributed by atoms with Crippen LogP contribution in [0.1, 0.15) is 37.9 Å². The van der Waals surface area contributed by atoms with E-state index in [1.54, 1.807) is 24.4 Å². The number of rotatable bonds is 11. The van der Waals surface area contributed by atoms with E-state index in [2.05, 4.69) is 39.0 Å². The fourth-order valence-electron chi connectivity index (χ4n) is 3.29. The number of amides is 1. The Morgan fingerprint density at radius 2 is 1.85 bits per heavy atom. The van der Waals surface area contributed by atoms with Gasteiger partial charge in [-0.2, -0.15) is 9.97 Å². The molecule has 3 rings (SSSR count). The van der Waals surface area contributed by atoms with Crippen LogP contribution in [-0.2, 0) is 6.42 Å². The number of ether oxygens (including phenoxy) is 2. The number of hydrogen-bond acceptors (Lipinski definition) is 7. The minimum absolute atomic E-state index is 0.200. The van der Waals surface area contributed by atoms with Gasteiger partial charge in [-0.3, -0.25) is 10.3 Å². The van der Waals surface area contributed by atoms with Crippen molar-refractivity contribution in [3.63, 3.8) is 0 Å². The Kier molecular flexibility index (Phi) is 8.99. The van der Waals surface area contributed by atoms with E-state index in [-0.39, 0.29) is 6.01 Å². The van der Waals surface area contributed by atoms with E-state index in [1.807, 2.05) is 37.3 Å². The Labute approximate surface area is 195 Å². The molecule has 3 aromatic rings. The molecule has 0 aliphatic heterocycles. The van der Waals surface area contributed by atoms with Gasteiger partial charge < -0.3 is 14.4 Å². The number of anilines is 2. The van der Waals surface area contributed by atoms with Crippen molar-refractivity contribution in [3.05, 3.63) is 66.0 Å². The Morgan fingerprint density at radius 1 is 1.03 bits per heavy atom. The van der Waals surface area contributed by atoms with Crippen molar-refractivity contribution >= 4 is 17.7 Å². The minimum Gasteiger partial charge on any atom is -0.463 e. The highest BCUT2D eigenvalue weighted by Crippen LogP contribution is 2.21. The van der Waals surface area contributed by atoms with Gasteiger partial charge in [0.2, 0.25) is 0 Å². The average molecular weight is 450 g/mol. The number of aryl methyl sites for hydroxylation is 1. The van der Waals surface area contributed by atoms with Gasteiger partial charge in [0.1, 0.15) is 17.4 Å². The van der Waals surface area contributed by atoms with Crippen molar-refractivity contribution in [1.29, 1.82) is 0 Å². The van der Waals surface area contributed by atoms with E-state index >= 15 is 0 Å². The number of benzene rings is 1. The van der Waals surface area contributed by atoms with Gasteiger partial charge in [0.15, 0.2) is 0 Å². The topological polar surface area (TPSA) is 89.5 Å². The number of carbonyl (C=O) groups is 1. The first-order valence-electron chi connectivity index (χ1n) is 11.3. The minimum atomic E-state index is -0.623. The van der Waals surface area contributed by atoms with E-state index in [1.165, 1.54) is 0 Å². The second-order valence-electron chi connectivity index (χ2n) is 7.63. The molecule has 0 aliphatic rings. The van der Waals surface area contributed by atoms with Crippen molar-refractivity contribution in [2.24, 2.45) is 0 Å². The largest absolute Gasteiger partial charge is 0.463 e. The molecular weight excluding hydrogens is 418 g/mol. The molecular formula is C25H31N5O3. The monoisotopic (exact) mass is 449 g/mol. The third kappa shape index (κ3) is 7.75. The van der Waals surface area contributed by atoms with Crippen molar-refractivity contribution in [2.45, 2.75) is 40.0 Å². The lowest BCUT2D eigenvalue weighted by atomic mass is 10.2. The zero-order valence-corrected chi connectivity index (χ0v) is 19.5. The lowest BCUT2D eigenvalue weighted by Crippen LogP contribution is -2.27. The average Bonchev–Trinajstić information content (AvgIpc) is 2.79. The summed E-state index contributed by atoms with van der Waals surface area (Å²) in [4.78, 5) is 27.9. The van der Waals surface area contributed by atoms with Gasteiger partial charge in [0.05, 0.1) is 6.61 Å². The number of carbonyl (C=O) groups excluding carboxylic acids is 1. The van der Waals surface area contributed by atoms with Gasteiger partial charge in [-0.15, -0.1) is 0 Å². The standard InChI is InChI=1S/C25H31N5O3/c1-4-14-30(15-5-2)23-18-22(28-25(31)33-21-11-8-9-19(3)17-21)27-24(29-23)32-16-12-20-10-6-7-13-26-20/h6-11,13,17-18H,4-5,12,14-16H2,1-3H3,(H,27,28,29,31). The van der Waals surface area contributed by atoms with Crippen LogP contribution in [0.5, 0.6) is 11.8 Å². The van der Waals surface area contributed by atoms with Crippen molar-refractivity contribution in [3.8, 4) is 11.8 Å². The predicted molar refractivity (Wildman–Crippen MR) is 129 cm³/mol. The van der Waals surface area contributed by atoms with Crippen LogP contribution in [0.2, 0.25) is 0 Å². The van der Waals surface area contributed by atoms with Crippen LogP contribution in [0.25, 0.3) is 0 Å². The van der Waals surface area contributed by atoms with E-state index < -0.39 is 6.09 Å². The molecule has 1 amide bonds. The SMILES string of the molecule is CCCN(CCC)c1cc(NC(=O)Oc2cccc(C)c2)nc(OCCc2ccccn2)n1. The summed E-state index contributed by atoms with van der Waals surface area (Å²) < 4.78 is 11.2. The first kappa shape index (κ1) is 24.0. The normalized spacial score (nSPS) is 10.5. The molecule has 0 spiro atoms.